The molecule has 5 heteroatoms. The van der Waals surface area contributed by atoms with Gasteiger partial charge in [0.1, 0.15) is 0 Å². The van der Waals surface area contributed by atoms with E-state index < -0.39 is 0 Å². The Morgan fingerprint density at radius 2 is 1.65 bits per heavy atom. The van der Waals surface area contributed by atoms with Crippen LogP contribution in [-0.2, 0) is 18.4 Å². The number of aryl methyl sites for hydroxylation is 1. The molecule has 0 saturated carbocycles. The van der Waals surface area contributed by atoms with Gasteiger partial charge in [0, 0.05) is 36.2 Å². The van der Waals surface area contributed by atoms with Crippen LogP contribution in [0.25, 0.3) is 11.6 Å². The summed E-state index contributed by atoms with van der Waals surface area (Å²) in [6.07, 6.45) is 6.42. The highest BCUT2D eigenvalue weighted by atomic mass is 15.1. The van der Waals surface area contributed by atoms with E-state index in [0.717, 1.165) is 25.2 Å². The molecule has 0 spiro atoms. The molecule has 2 aromatic heterocycles. The third-order valence-corrected chi connectivity index (χ3v) is 6.38. The standard InChI is InChI=1S/C26H27N5/c1-18-4-6-20(7-5-18)26(2,3)21-8-10-22(11-9-21)31-15-12-19-16-29-25(30-23(19)17-31)24-27-13-14-28-24/h4-11,13-14,16H,12,15,17H2,1-3H3,(H,27,28). The van der Waals surface area contributed by atoms with Crippen LogP contribution in [0.2, 0.25) is 0 Å². The van der Waals surface area contributed by atoms with E-state index >= 15 is 0 Å². The number of rotatable bonds is 4. The van der Waals surface area contributed by atoms with Gasteiger partial charge in [0.05, 0.1) is 12.2 Å². The normalized spacial score (nSPS) is 13.8. The highest BCUT2D eigenvalue weighted by molar-refractivity contribution is 5.53. The number of hydrogen-bond donors (Lipinski definition) is 1. The molecule has 0 saturated heterocycles. The summed E-state index contributed by atoms with van der Waals surface area (Å²) in [5.41, 5.74) is 7.44. The minimum absolute atomic E-state index is 0.0358. The molecule has 0 aliphatic carbocycles. The Kier molecular flexibility index (Phi) is 4.81. The number of nitrogens with one attached hydrogen (secondary N) is 1. The zero-order chi connectivity index (χ0) is 21.4. The molecule has 0 unspecified atom stereocenters. The zero-order valence-corrected chi connectivity index (χ0v) is 18.3. The van der Waals surface area contributed by atoms with Crippen LogP contribution in [0.3, 0.4) is 0 Å². The first-order valence-electron chi connectivity index (χ1n) is 10.8. The molecule has 5 rings (SSSR count). The number of benzene rings is 2. The number of fused-ring (bicyclic) bond motifs is 1. The Hall–Kier alpha value is -3.47. The lowest BCUT2D eigenvalue weighted by Crippen LogP contribution is -2.31. The van der Waals surface area contributed by atoms with Crippen LogP contribution in [0.5, 0.6) is 0 Å². The van der Waals surface area contributed by atoms with Crippen LogP contribution >= 0.6 is 0 Å². The average Bonchev–Trinajstić information content (AvgIpc) is 3.34. The van der Waals surface area contributed by atoms with Crippen molar-refractivity contribution in [2.24, 2.45) is 0 Å². The van der Waals surface area contributed by atoms with Crippen LogP contribution in [0, 0.1) is 6.92 Å². The molecule has 156 valence electrons. The first-order valence-corrected chi connectivity index (χ1v) is 10.8. The predicted molar refractivity (Wildman–Crippen MR) is 124 cm³/mol. The van der Waals surface area contributed by atoms with E-state index in [4.69, 9.17) is 4.98 Å². The van der Waals surface area contributed by atoms with Gasteiger partial charge in [-0.3, -0.25) is 0 Å². The van der Waals surface area contributed by atoms with Gasteiger partial charge in [-0.1, -0.05) is 55.8 Å². The highest BCUT2D eigenvalue weighted by Gasteiger charge is 2.24. The number of hydrogen-bond acceptors (Lipinski definition) is 4. The van der Waals surface area contributed by atoms with Gasteiger partial charge < -0.3 is 9.88 Å². The van der Waals surface area contributed by atoms with Gasteiger partial charge in [-0.25, -0.2) is 15.0 Å². The fourth-order valence-electron chi connectivity index (χ4n) is 4.25. The molecule has 0 bridgehead atoms. The summed E-state index contributed by atoms with van der Waals surface area (Å²) in [4.78, 5) is 19.0. The molecule has 1 aliphatic rings. The molecule has 31 heavy (non-hydrogen) atoms. The van der Waals surface area contributed by atoms with Gasteiger partial charge in [-0.05, 0) is 42.2 Å². The number of aromatic nitrogens is 4. The van der Waals surface area contributed by atoms with Crippen molar-refractivity contribution in [1.82, 2.24) is 19.9 Å². The second-order valence-electron chi connectivity index (χ2n) is 8.81. The van der Waals surface area contributed by atoms with Crippen LogP contribution in [-0.4, -0.2) is 26.5 Å². The van der Waals surface area contributed by atoms with Crippen LogP contribution in [0.1, 0.15) is 41.8 Å². The van der Waals surface area contributed by atoms with Crippen molar-refractivity contribution in [3.05, 3.63) is 95.1 Å². The summed E-state index contributed by atoms with van der Waals surface area (Å²) in [5, 5.41) is 0. The number of H-pyrrole nitrogens is 1. The van der Waals surface area contributed by atoms with Gasteiger partial charge in [-0.15, -0.1) is 0 Å². The molecule has 1 aliphatic heterocycles. The first kappa shape index (κ1) is 19.5. The zero-order valence-electron chi connectivity index (χ0n) is 18.3. The minimum atomic E-state index is -0.0358. The highest BCUT2D eigenvalue weighted by Crippen LogP contribution is 2.33. The SMILES string of the molecule is Cc1ccc(C(C)(C)c2ccc(N3CCc4cnc(-c5ncc[nH]5)nc4C3)cc2)cc1. The van der Waals surface area contributed by atoms with Crippen molar-refractivity contribution in [1.29, 1.82) is 0 Å². The summed E-state index contributed by atoms with van der Waals surface area (Å²) in [6, 6.07) is 17.9. The summed E-state index contributed by atoms with van der Waals surface area (Å²) in [7, 11) is 0. The van der Waals surface area contributed by atoms with E-state index in [1.807, 2.05) is 6.20 Å². The predicted octanol–water partition coefficient (Wildman–Crippen LogP) is 5.06. The van der Waals surface area contributed by atoms with Gasteiger partial charge in [0.25, 0.3) is 0 Å². The monoisotopic (exact) mass is 409 g/mol. The largest absolute Gasteiger partial charge is 0.365 e. The summed E-state index contributed by atoms with van der Waals surface area (Å²) in [5.74, 6) is 1.36. The van der Waals surface area contributed by atoms with Gasteiger partial charge in [0.2, 0.25) is 0 Å². The Morgan fingerprint density at radius 3 is 2.32 bits per heavy atom. The smallest absolute Gasteiger partial charge is 0.195 e. The second kappa shape index (κ2) is 7.65. The molecule has 0 radical (unpaired) electrons. The number of anilines is 1. The average molecular weight is 410 g/mol. The number of aromatic amines is 1. The molecule has 3 heterocycles. The lowest BCUT2D eigenvalue weighted by Gasteiger charge is -2.31. The number of nitrogens with zero attached hydrogens (tertiary/aromatic N) is 4. The van der Waals surface area contributed by atoms with Gasteiger partial charge in [-0.2, -0.15) is 0 Å². The van der Waals surface area contributed by atoms with Crippen molar-refractivity contribution in [3.8, 4) is 11.6 Å². The summed E-state index contributed by atoms with van der Waals surface area (Å²) in [6.45, 7) is 8.46. The Bertz CT molecular complexity index is 1180. The fourth-order valence-corrected chi connectivity index (χ4v) is 4.25. The molecular formula is C26H27N5. The lowest BCUT2D eigenvalue weighted by atomic mass is 9.78. The first-order chi connectivity index (χ1) is 15.0. The lowest BCUT2D eigenvalue weighted by molar-refractivity contribution is 0.640. The van der Waals surface area contributed by atoms with E-state index in [-0.39, 0.29) is 5.41 Å². The van der Waals surface area contributed by atoms with Crippen molar-refractivity contribution in [2.45, 2.75) is 39.2 Å². The maximum Gasteiger partial charge on any atom is 0.195 e. The molecule has 1 N–H and O–H groups in total. The van der Waals surface area contributed by atoms with Crippen molar-refractivity contribution in [2.75, 3.05) is 11.4 Å². The number of imidazole rings is 1. The van der Waals surface area contributed by atoms with Crippen molar-refractivity contribution < 1.29 is 0 Å². The van der Waals surface area contributed by atoms with Crippen LogP contribution < -0.4 is 4.90 Å². The maximum atomic E-state index is 4.79. The topological polar surface area (TPSA) is 57.7 Å². The molecule has 4 aromatic rings. The quantitative estimate of drug-likeness (QED) is 0.512. The van der Waals surface area contributed by atoms with Gasteiger partial charge >= 0.3 is 0 Å². The Labute approximate surface area is 183 Å². The molecule has 2 aromatic carbocycles. The minimum Gasteiger partial charge on any atom is -0.365 e. The third-order valence-electron chi connectivity index (χ3n) is 6.38. The van der Waals surface area contributed by atoms with E-state index in [1.165, 1.54) is 27.9 Å². The molecule has 0 atom stereocenters. The summed E-state index contributed by atoms with van der Waals surface area (Å²) < 4.78 is 0. The van der Waals surface area contributed by atoms with Gasteiger partial charge in [0.15, 0.2) is 11.6 Å². The van der Waals surface area contributed by atoms with E-state index in [9.17, 15) is 0 Å². The van der Waals surface area contributed by atoms with E-state index in [1.54, 1.807) is 12.4 Å². The molecule has 0 amide bonds. The molecular weight excluding hydrogens is 382 g/mol. The van der Waals surface area contributed by atoms with Crippen LogP contribution in [0.15, 0.2) is 67.1 Å². The van der Waals surface area contributed by atoms with Crippen LogP contribution in [0.4, 0.5) is 5.69 Å². The van der Waals surface area contributed by atoms with Crippen molar-refractivity contribution >= 4 is 5.69 Å². The Morgan fingerprint density at radius 1 is 0.935 bits per heavy atom. The van der Waals surface area contributed by atoms with E-state index in [0.29, 0.717) is 11.6 Å². The van der Waals surface area contributed by atoms with Crippen molar-refractivity contribution in [3.63, 3.8) is 0 Å². The fraction of sp³-hybridized carbons (Fsp3) is 0.269. The second-order valence-corrected chi connectivity index (χ2v) is 8.81. The Balaban J connectivity index is 1.37. The molecule has 0 fully saturated rings. The summed E-state index contributed by atoms with van der Waals surface area (Å²) >= 11 is 0. The maximum absolute atomic E-state index is 4.79. The molecule has 5 nitrogen and oxygen atoms in total. The third kappa shape index (κ3) is 3.72. The van der Waals surface area contributed by atoms with E-state index in [2.05, 4.69) is 89.2 Å².